The lowest BCUT2D eigenvalue weighted by Gasteiger charge is -2.25. The van der Waals surface area contributed by atoms with Gasteiger partial charge >= 0.3 is 0 Å². The molecule has 0 unspecified atom stereocenters. The molecule has 7 heteroatoms. The average molecular weight is 436 g/mol. The second-order valence-electron chi connectivity index (χ2n) is 7.52. The number of carbonyl (C=O) groups excluding carboxylic acids is 1. The van der Waals surface area contributed by atoms with E-state index in [1.54, 1.807) is 30.2 Å². The van der Waals surface area contributed by atoms with Gasteiger partial charge in [0, 0.05) is 18.5 Å². The lowest BCUT2D eigenvalue weighted by molar-refractivity contribution is 0.0405. The molecular formula is C25H22F2N2O3. The number of rotatable bonds is 7. The van der Waals surface area contributed by atoms with Crippen LogP contribution in [0.1, 0.15) is 27.9 Å². The van der Waals surface area contributed by atoms with Crippen LogP contribution in [-0.2, 0) is 11.4 Å². The molecular weight excluding hydrogens is 414 g/mol. The Balaban J connectivity index is 1.49. The van der Waals surface area contributed by atoms with Gasteiger partial charge in [0.25, 0.3) is 5.91 Å². The number of oxime groups is 1. The maximum absolute atomic E-state index is 13.7. The van der Waals surface area contributed by atoms with Crippen molar-refractivity contribution in [2.75, 3.05) is 13.7 Å². The monoisotopic (exact) mass is 436 g/mol. The van der Waals surface area contributed by atoms with Crippen LogP contribution in [0.15, 0.2) is 78.0 Å². The van der Waals surface area contributed by atoms with Crippen molar-refractivity contribution in [1.29, 1.82) is 0 Å². The van der Waals surface area contributed by atoms with E-state index in [0.29, 0.717) is 6.42 Å². The smallest absolute Gasteiger partial charge is 0.254 e. The van der Waals surface area contributed by atoms with Gasteiger partial charge in [-0.25, -0.2) is 8.78 Å². The highest BCUT2D eigenvalue weighted by Crippen LogP contribution is 2.22. The zero-order valence-electron chi connectivity index (χ0n) is 17.5. The molecule has 0 N–H and O–H groups in total. The molecule has 0 aliphatic carbocycles. The highest BCUT2D eigenvalue weighted by Gasteiger charge is 2.27. The Morgan fingerprint density at radius 3 is 2.50 bits per heavy atom. The zero-order chi connectivity index (χ0) is 22.5. The minimum atomic E-state index is -0.486. The Morgan fingerprint density at radius 2 is 1.81 bits per heavy atom. The fourth-order valence-corrected chi connectivity index (χ4v) is 3.56. The van der Waals surface area contributed by atoms with Crippen LogP contribution in [0.2, 0.25) is 0 Å². The number of benzene rings is 3. The molecule has 32 heavy (non-hydrogen) atoms. The van der Waals surface area contributed by atoms with Gasteiger partial charge in [0.2, 0.25) is 0 Å². The van der Waals surface area contributed by atoms with Crippen LogP contribution in [-0.4, -0.2) is 36.3 Å². The van der Waals surface area contributed by atoms with Crippen LogP contribution in [0.5, 0.6) is 5.75 Å². The molecule has 1 amide bonds. The van der Waals surface area contributed by atoms with E-state index in [9.17, 15) is 13.6 Å². The number of nitrogens with zero attached hydrogens (tertiary/aromatic N) is 2. The fraction of sp³-hybridized carbons (Fsp3) is 0.200. The number of carbonyl (C=O) groups is 1. The van der Waals surface area contributed by atoms with Crippen LogP contribution < -0.4 is 4.74 Å². The Labute approximate surface area is 184 Å². The predicted molar refractivity (Wildman–Crippen MR) is 117 cm³/mol. The molecule has 5 nitrogen and oxygen atoms in total. The molecule has 0 aromatic heterocycles. The van der Waals surface area contributed by atoms with Gasteiger partial charge in [0.1, 0.15) is 17.4 Å². The summed E-state index contributed by atoms with van der Waals surface area (Å²) < 4.78 is 32.2. The van der Waals surface area contributed by atoms with Gasteiger partial charge in [-0.2, -0.15) is 0 Å². The minimum absolute atomic E-state index is 0.230. The molecule has 0 saturated heterocycles. The first-order valence-corrected chi connectivity index (χ1v) is 10.2. The summed E-state index contributed by atoms with van der Waals surface area (Å²) in [5.74, 6) is -0.431. The van der Waals surface area contributed by atoms with E-state index < -0.39 is 5.82 Å². The Hall–Kier alpha value is -3.74. The second-order valence-corrected chi connectivity index (χ2v) is 7.52. The van der Waals surface area contributed by atoms with E-state index in [2.05, 4.69) is 5.16 Å². The van der Waals surface area contributed by atoms with Crippen molar-refractivity contribution in [3.05, 3.63) is 101 Å². The summed E-state index contributed by atoms with van der Waals surface area (Å²) >= 11 is 0. The van der Waals surface area contributed by atoms with Gasteiger partial charge in [0.05, 0.1) is 19.4 Å². The number of amides is 1. The third-order valence-electron chi connectivity index (χ3n) is 5.23. The summed E-state index contributed by atoms with van der Waals surface area (Å²) in [6, 6.07) is 19.0. The molecule has 1 aliphatic heterocycles. The number of ether oxygens (including phenoxy) is 1. The number of hydrogen-bond acceptors (Lipinski definition) is 4. The highest BCUT2D eigenvalue weighted by atomic mass is 19.1. The summed E-state index contributed by atoms with van der Waals surface area (Å²) in [5.41, 5.74) is 2.68. The highest BCUT2D eigenvalue weighted by molar-refractivity contribution is 6.01. The summed E-state index contributed by atoms with van der Waals surface area (Å²) in [4.78, 5) is 20.3. The van der Waals surface area contributed by atoms with Gasteiger partial charge in [-0.1, -0.05) is 23.4 Å². The van der Waals surface area contributed by atoms with Crippen molar-refractivity contribution in [3.63, 3.8) is 0 Å². The lowest BCUT2D eigenvalue weighted by Crippen LogP contribution is -2.37. The molecule has 3 aromatic carbocycles. The summed E-state index contributed by atoms with van der Waals surface area (Å²) in [7, 11) is 1.60. The van der Waals surface area contributed by atoms with E-state index >= 15 is 0 Å². The molecule has 1 aliphatic rings. The normalized spacial score (nSPS) is 15.1. The first-order chi connectivity index (χ1) is 15.5. The molecule has 3 aromatic rings. The van der Waals surface area contributed by atoms with Crippen molar-refractivity contribution in [2.45, 2.75) is 19.1 Å². The minimum Gasteiger partial charge on any atom is -0.497 e. The predicted octanol–water partition coefficient (Wildman–Crippen LogP) is 4.81. The van der Waals surface area contributed by atoms with Crippen LogP contribution in [0.25, 0.3) is 0 Å². The Kier molecular flexibility index (Phi) is 6.44. The van der Waals surface area contributed by atoms with Crippen molar-refractivity contribution in [2.24, 2.45) is 5.16 Å². The first kappa shape index (κ1) is 21.5. The molecule has 0 fully saturated rings. The second kappa shape index (κ2) is 9.60. The largest absolute Gasteiger partial charge is 0.497 e. The molecule has 1 heterocycles. The van der Waals surface area contributed by atoms with Gasteiger partial charge in [0.15, 0.2) is 6.10 Å². The zero-order valence-corrected chi connectivity index (χ0v) is 17.5. The summed E-state index contributed by atoms with van der Waals surface area (Å²) in [6.07, 6.45) is 0.160. The Bertz CT molecular complexity index is 1110. The topological polar surface area (TPSA) is 51.1 Å². The van der Waals surface area contributed by atoms with Gasteiger partial charge in [-0.15, -0.1) is 0 Å². The van der Waals surface area contributed by atoms with Crippen LogP contribution >= 0.6 is 0 Å². The number of methoxy groups -OCH3 is 1. The lowest BCUT2D eigenvalue weighted by atomic mass is 10.0. The quantitative estimate of drug-likeness (QED) is 0.534. The SMILES string of the molecule is COc1ccc(C2=NO[C@H](CN(Cc3ccc(F)cc3)C(=O)c3cccc(F)c3)C2)cc1. The maximum Gasteiger partial charge on any atom is 0.254 e. The Morgan fingerprint density at radius 1 is 1.06 bits per heavy atom. The van der Waals surface area contributed by atoms with Gasteiger partial charge < -0.3 is 14.5 Å². The van der Waals surface area contributed by atoms with Gasteiger partial charge in [-0.3, -0.25) is 4.79 Å². The van der Waals surface area contributed by atoms with Crippen LogP contribution in [0, 0.1) is 11.6 Å². The molecule has 0 spiro atoms. The molecule has 0 saturated carbocycles. The number of hydrogen-bond donors (Lipinski definition) is 0. The van der Waals surface area contributed by atoms with E-state index in [0.717, 1.165) is 22.6 Å². The van der Waals surface area contributed by atoms with Crippen molar-refractivity contribution in [3.8, 4) is 5.75 Å². The van der Waals surface area contributed by atoms with E-state index in [4.69, 9.17) is 9.57 Å². The molecule has 0 radical (unpaired) electrons. The van der Waals surface area contributed by atoms with E-state index in [1.807, 2.05) is 24.3 Å². The van der Waals surface area contributed by atoms with Gasteiger partial charge in [-0.05, 0) is 65.7 Å². The van der Waals surface area contributed by atoms with Crippen LogP contribution in [0.4, 0.5) is 8.78 Å². The molecule has 164 valence electrons. The third-order valence-corrected chi connectivity index (χ3v) is 5.23. The van der Waals surface area contributed by atoms with Crippen molar-refractivity contribution >= 4 is 11.6 Å². The fourth-order valence-electron chi connectivity index (χ4n) is 3.56. The number of halogens is 2. The molecule has 0 bridgehead atoms. The average Bonchev–Trinajstić information content (AvgIpc) is 3.28. The standard InChI is InChI=1S/C25H22F2N2O3/c1-31-22-11-7-18(8-12-22)24-14-23(32-28-24)16-29(15-17-5-9-20(26)10-6-17)25(30)19-3-2-4-21(27)13-19/h2-13,23H,14-16H2,1H3/t23-/m0/s1. The molecule has 4 rings (SSSR count). The van der Waals surface area contributed by atoms with Crippen molar-refractivity contribution in [1.82, 2.24) is 4.90 Å². The van der Waals surface area contributed by atoms with E-state index in [1.165, 1.54) is 30.3 Å². The van der Waals surface area contributed by atoms with Crippen LogP contribution in [0.3, 0.4) is 0 Å². The van der Waals surface area contributed by atoms with E-state index in [-0.39, 0.29) is 36.5 Å². The third kappa shape index (κ3) is 5.11. The summed E-state index contributed by atoms with van der Waals surface area (Å²) in [6.45, 7) is 0.475. The van der Waals surface area contributed by atoms with Crippen molar-refractivity contribution < 1.29 is 23.1 Å². The summed E-state index contributed by atoms with van der Waals surface area (Å²) in [5, 5.41) is 4.19. The first-order valence-electron chi connectivity index (χ1n) is 10.2. The maximum atomic E-state index is 13.7. The molecule has 1 atom stereocenters.